The fourth-order valence-corrected chi connectivity index (χ4v) is 1.99. The Bertz CT molecular complexity index is 512. The number of halogens is 1. The molecular weight excluding hydrogens is 244 g/mol. The van der Waals surface area contributed by atoms with Crippen LogP contribution in [0.5, 0.6) is 0 Å². The predicted octanol–water partition coefficient (Wildman–Crippen LogP) is 1.80. The third-order valence-corrected chi connectivity index (χ3v) is 2.75. The first-order valence-corrected chi connectivity index (χ1v) is 5.58. The van der Waals surface area contributed by atoms with Gasteiger partial charge >= 0.3 is 5.69 Å². The second-order valence-corrected chi connectivity index (χ2v) is 4.07. The molecule has 0 fully saturated rings. The zero-order chi connectivity index (χ0) is 10.1. The van der Waals surface area contributed by atoms with E-state index < -0.39 is 0 Å². The smallest absolute Gasteiger partial charge is 0.306 e. The lowest BCUT2D eigenvalue weighted by Crippen LogP contribution is -2.11. The molecule has 1 aromatic carbocycles. The fraction of sp³-hybridized carbons (Fsp3) is 0.300. The summed E-state index contributed by atoms with van der Waals surface area (Å²) in [6.07, 6.45) is 0.981. The Morgan fingerprint density at radius 3 is 3.00 bits per heavy atom. The molecule has 0 spiro atoms. The number of rotatable bonds is 2. The van der Waals surface area contributed by atoms with E-state index in [1.54, 1.807) is 11.6 Å². The maximum Gasteiger partial charge on any atom is 0.326 e. The lowest BCUT2D eigenvalue weighted by Gasteiger charge is -1.98. The Kier molecular flexibility index (Phi) is 2.46. The number of alkyl halides is 1. The maximum atomic E-state index is 11.3. The number of fused-ring (bicyclic) bond motifs is 1. The van der Waals surface area contributed by atoms with Crippen LogP contribution in [0.15, 0.2) is 23.0 Å². The standard InChI is InChI=1S/C10H11BrN2O/c1-13-9-6-7(4-5-11)2-3-8(9)12-10(13)14/h2-3,6H,4-5H2,1H3,(H,12,14). The van der Waals surface area contributed by atoms with Crippen LogP contribution in [0.1, 0.15) is 5.56 Å². The third-order valence-electron chi connectivity index (χ3n) is 2.35. The minimum Gasteiger partial charge on any atom is -0.306 e. The zero-order valence-corrected chi connectivity index (χ0v) is 9.47. The van der Waals surface area contributed by atoms with Gasteiger partial charge in [0.25, 0.3) is 0 Å². The van der Waals surface area contributed by atoms with Gasteiger partial charge < -0.3 is 4.98 Å². The van der Waals surface area contributed by atoms with E-state index >= 15 is 0 Å². The Balaban J connectivity index is 2.63. The zero-order valence-electron chi connectivity index (χ0n) is 7.88. The summed E-state index contributed by atoms with van der Waals surface area (Å²) in [5.74, 6) is 0. The van der Waals surface area contributed by atoms with Gasteiger partial charge in [-0.25, -0.2) is 4.79 Å². The van der Waals surface area contributed by atoms with Crippen LogP contribution in [0.2, 0.25) is 0 Å². The lowest BCUT2D eigenvalue weighted by atomic mass is 10.1. The molecule has 0 unspecified atom stereocenters. The summed E-state index contributed by atoms with van der Waals surface area (Å²) in [6.45, 7) is 0. The minimum absolute atomic E-state index is 0.0593. The SMILES string of the molecule is Cn1c(=O)[nH]c2ccc(CCBr)cc21. The molecule has 2 rings (SSSR count). The molecule has 0 atom stereocenters. The summed E-state index contributed by atoms with van der Waals surface area (Å²) < 4.78 is 1.63. The van der Waals surface area contributed by atoms with Crippen molar-refractivity contribution >= 4 is 27.0 Å². The largest absolute Gasteiger partial charge is 0.326 e. The number of hydrogen-bond donors (Lipinski definition) is 1. The van der Waals surface area contributed by atoms with Gasteiger partial charge in [-0.3, -0.25) is 4.57 Å². The number of nitrogens with one attached hydrogen (secondary N) is 1. The van der Waals surface area contributed by atoms with E-state index in [1.807, 2.05) is 12.1 Å². The molecule has 0 aliphatic carbocycles. The van der Waals surface area contributed by atoms with Gasteiger partial charge in [0.15, 0.2) is 0 Å². The molecule has 0 saturated heterocycles. The van der Waals surface area contributed by atoms with Crippen LogP contribution in [0.4, 0.5) is 0 Å². The van der Waals surface area contributed by atoms with Crippen LogP contribution in [-0.2, 0) is 13.5 Å². The van der Waals surface area contributed by atoms with Crippen LogP contribution in [0.25, 0.3) is 11.0 Å². The van der Waals surface area contributed by atoms with E-state index in [2.05, 4.69) is 27.0 Å². The molecule has 0 bridgehead atoms. The number of aromatic amines is 1. The van der Waals surface area contributed by atoms with Gasteiger partial charge in [0.05, 0.1) is 11.0 Å². The van der Waals surface area contributed by atoms with Crippen molar-refractivity contribution in [2.24, 2.45) is 7.05 Å². The number of aromatic nitrogens is 2. The number of aryl methyl sites for hydroxylation is 2. The Hall–Kier alpha value is -1.03. The molecule has 0 saturated carbocycles. The molecule has 0 aliphatic rings. The molecule has 0 radical (unpaired) electrons. The van der Waals surface area contributed by atoms with Crippen molar-refractivity contribution in [1.82, 2.24) is 9.55 Å². The predicted molar refractivity (Wildman–Crippen MR) is 61.0 cm³/mol. The fourth-order valence-electron chi connectivity index (χ4n) is 1.53. The van der Waals surface area contributed by atoms with E-state index in [-0.39, 0.29) is 5.69 Å². The average molecular weight is 255 g/mol. The molecule has 0 amide bonds. The summed E-state index contributed by atoms with van der Waals surface area (Å²) in [4.78, 5) is 14.1. The second kappa shape index (κ2) is 3.61. The van der Waals surface area contributed by atoms with Crippen molar-refractivity contribution in [1.29, 1.82) is 0 Å². The summed E-state index contributed by atoms with van der Waals surface area (Å²) in [7, 11) is 1.78. The quantitative estimate of drug-likeness (QED) is 0.816. The van der Waals surface area contributed by atoms with Gasteiger partial charge in [0.1, 0.15) is 0 Å². The highest BCUT2D eigenvalue weighted by atomic mass is 79.9. The number of H-pyrrole nitrogens is 1. The van der Waals surface area contributed by atoms with Gasteiger partial charge in [-0.15, -0.1) is 0 Å². The molecule has 1 heterocycles. The maximum absolute atomic E-state index is 11.3. The monoisotopic (exact) mass is 254 g/mol. The van der Waals surface area contributed by atoms with Gasteiger partial charge in [0, 0.05) is 12.4 Å². The van der Waals surface area contributed by atoms with Crippen molar-refractivity contribution < 1.29 is 0 Å². The van der Waals surface area contributed by atoms with Crippen molar-refractivity contribution in [3.8, 4) is 0 Å². The molecule has 2 aromatic rings. The van der Waals surface area contributed by atoms with Gasteiger partial charge in [-0.2, -0.15) is 0 Å². The number of imidazole rings is 1. The van der Waals surface area contributed by atoms with E-state index in [1.165, 1.54) is 5.56 Å². The van der Waals surface area contributed by atoms with Crippen LogP contribution >= 0.6 is 15.9 Å². The Morgan fingerprint density at radius 2 is 2.29 bits per heavy atom. The highest BCUT2D eigenvalue weighted by Gasteiger charge is 2.03. The second-order valence-electron chi connectivity index (χ2n) is 3.28. The van der Waals surface area contributed by atoms with E-state index in [0.717, 1.165) is 22.8 Å². The number of benzene rings is 1. The first-order chi connectivity index (χ1) is 6.72. The van der Waals surface area contributed by atoms with Gasteiger partial charge in [-0.1, -0.05) is 22.0 Å². The van der Waals surface area contributed by atoms with Crippen molar-refractivity contribution in [2.75, 3.05) is 5.33 Å². The van der Waals surface area contributed by atoms with Crippen molar-refractivity contribution in [2.45, 2.75) is 6.42 Å². The van der Waals surface area contributed by atoms with Gasteiger partial charge in [0.2, 0.25) is 0 Å². The molecule has 3 nitrogen and oxygen atoms in total. The molecule has 0 aliphatic heterocycles. The minimum atomic E-state index is -0.0593. The highest BCUT2D eigenvalue weighted by Crippen LogP contribution is 2.12. The first kappa shape index (κ1) is 9.52. The lowest BCUT2D eigenvalue weighted by molar-refractivity contribution is 0.891. The van der Waals surface area contributed by atoms with Crippen LogP contribution in [-0.4, -0.2) is 14.9 Å². The molecule has 14 heavy (non-hydrogen) atoms. The molecule has 1 aromatic heterocycles. The van der Waals surface area contributed by atoms with Crippen LogP contribution < -0.4 is 5.69 Å². The average Bonchev–Trinajstić information content (AvgIpc) is 2.45. The van der Waals surface area contributed by atoms with Crippen molar-refractivity contribution in [3.05, 3.63) is 34.2 Å². The highest BCUT2D eigenvalue weighted by molar-refractivity contribution is 9.09. The van der Waals surface area contributed by atoms with Crippen LogP contribution in [0.3, 0.4) is 0 Å². The molecule has 74 valence electrons. The third kappa shape index (κ3) is 1.50. The van der Waals surface area contributed by atoms with Crippen LogP contribution in [0, 0.1) is 0 Å². The summed E-state index contributed by atoms with van der Waals surface area (Å²) in [5.41, 5.74) is 3.05. The van der Waals surface area contributed by atoms with E-state index in [9.17, 15) is 4.79 Å². The van der Waals surface area contributed by atoms with Gasteiger partial charge in [-0.05, 0) is 24.1 Å². The summed E-state index contributed by atoms with van der Waals surface area (Å²) in [5, 5.41) is 0.941. The number of nitrogens with zero attached hydrogens (tertiary/aromatic N) is 1. The molecule has 1 N–H and O–H groups in total. The number of hydrogen-bond acceptors (Lipinski definition) is 1. The first-order valence-electron chi connectivity index (χ1n) is 4.46. The Morgan fingerprint density at radius 1 is 1.50 bits per heavy atom. The topological polar surface area (TPSA) is 37.8 Å². The van der Waals surface area contributed by atoms with E-state index in [4.69, 9.17) is 0 Å². The molecule has 4 heteroatoms. The summed E-state index contributed by atoms with van der Waals surface area (Å²) in [6, 6.07) is 6.04. The molecular formula is C10H11BrN2O. The normalized spacial score (nSPS) is 11.0. The summed E-state index contributed by atoms with van der Waals surface area (Å²) >= 11 is 3.40. The van der Waals surface area contributed by atoms with Crippen molar-refractivity contribution in [3.63, 3.8) is 0 Å². The Labute approximate surface area is 89.9 Å². The van der Waals surface area contributed by atoms with E-state index in [0.29, 0.717) is 0 Å².